The molecule has 11 heteroatoms. The van der Waals surface area contributed by atoms with Crippen molar-refractivity contribution in [3.8, 4) is 0 Å². The number of amides is 1. The number of aromatic nitrogens is 2. The molecular formula is C23H28N6O4S. The molecule has 0 radical (unpaired) electrons. The minimum absolute atomic E-state index is 0.138. The van der Waals surface area contributed by atoms with Crippen molar-refractivity contribution in [1.29, 1.82) is 0 Å². The number of morpholine rings is 1. The monoisotopic (exact) mass is 484 g/mol. The van der Waals surface area contributed by atoms with E-state index in [1.807, 2.05) is 11.0 Å². The topological polar surface area (TPSA) is 99.2 Å². The van der Waals surface area contributed by atoms with Crippen molar-refractivity contribution in [2.24, 2.45) is 0 Å². The highest BCUT2D eigenvalue weighted by Gasteiger charge is 2.35. The number of carbonyl (C=O) groups excluding carboxylic acids is 1. The van der Waals surface area contributed by atoms with E-state index in [2.05, 4.69) is 19.8 Å². The molecule has 2 fully saturated rings. The van der Waals surface area contributed by atoms with Crippen molar-refractivity contribution in [2.75, 3.05) is 73.7 Å². The van der Waals surface area contributed by atoms with E-state index in [4.69, 9.17) is 4.74 Å². The maximum absolute atomic E-state index is 13.5. The Balaban J connectivity index is 1.18. The Kier molecular flexibility index (Phi) is 5.42. The normalized spacial score (nSPS) is 21.2. The van der Waals surface area contributed by atoms with Gasteiger partial charge in [0.2, 0.25) is 15.9 Å². The van der Waals surface area contributed by atoms with Crippen LogP contribution in [0.4, 0.5) is 17.3 Å². The third kappa shape index (κ3) is 3.71. The molecule has 0 N–H and O–H groups in total. The quantitative estimate of drug-likeness (QED) is 0.624. The molecule has 0 spiro atoms. The molecule has 4 aliphatic heterocycles. The SMILES string of the molecule is O=C1CCc2cc(S(=O)(=O)N3CCN(c4cc(N5CCOCC5)ncn4)CC3)cc3c2N1CC3. The maximum Gasteiger partial charge on any atom is 0.243 e. The highest BCUT2D eigenvalue weighted by Crippen LogP contribution is 2.39. The maximum atomic E-state index is 13.5. The van der Waals surface area contributed by atoms with E-state index in [9.17, 15) is 13.2 Å². The number of carbonyl (C=O) groups is 1. The first-order chi connectivity index (χ1) is 16.5. The lowest BCUT2D eigenvalue weighted by Crippen LogP contribution is -2.49. The molecule has 5 heterocycles. The van der Waals surface area contributed by atoms with Gasteiger partial charge in [-0.05, 0) is 36.1 Å². The van der Waals surface area contributed by atoms with Gasteiger partial charge in [0, 0.05) is 58.3 Å². The molecule has 4 aliphatic rings. The number of anilines is 3. The molecule has 6 rings (SSSR count). The number of rotatable bonds is 4. The minimum Gasteiger partial charge on any atom is -0.378 e. The van der Waals surface area contributed by atoms with Crippen molar-refractivity contribution < 1.29 is 17.9 Å². The Labute approximate surface area is 199 Å². The van der Waals surface area contributed by atoms with E-state index in [1.54, 1.807) is 22.8 Å². The van der Waals surface area contributed by atoms with Crippen LogP contribution in [0.1, 0.15) is 17.5 Å². The van der Waals surface area contributed by atoms with Gasteiger partial charge in [0.05, 0.1) is 23.8 Å². The summed E-state index contributed by atoms with van der Waals surface area (Å²) in [4.78, 5) is 27.5. The van der Waals surface area contributed by atoms with Crippen LogP contribution >= 0.6 is 0 Å². The van der Waals surface area contributed by atoms with Crippen LogP contribution in [0, 0.1) is 0 Å². The average molecular weight is 485 g/mol. The summed E-state index contributed by atoms with van der Waals surface area (Å²) in [5.74, 6) is 1.84. The van der Waals surface area contributed by atoms with E-state index in [0.29, 0.717) is 70.1 Å². The molecule has 0 aliphatic carbocycles. The van der Waals surface area contributed by atoms with Crippen LogP contribution in [0.2, 0.25) is 0 Å². The number of sulfonamides is 1. The van der Waals surface area contributed by atoms with Crippen molar-refractivity contribution in [3.05, 3.63) is 35.7 Å². The zero-order valence-electron chi connectivity index (χ0n) is 19.0. The molecule has 0 saturated carbocycles. The number of piperazine rings is 1. The summed E-state index contributed by atoms with van der Waals surface area (Å²) in [5.41, 5.74) is 2.89. The summed E-state index contributed by atoms with van der Waals surface area (Å²) in [6.07, 6.45) is 3.34. The van der Waals surface area contributed by atoms with E-state index in [1.165, 1.54) is 0 Å². The van der Waals surface area contributed by atoms with Crippen LogP contribution in [-0.2, 0) is 32.4 Å². The third-order valence-corrected chi connectivity index (χ3v) is 9.08. The number of ether oxygens (including phenoxy) is 1. The first kappa shape index (κ1) is 21.8. The van der Waals surface area contributed by atoms with Gasteiger partial charge in [-0.2, -0.15) is 4.31 Å². The van der Waals surface area contributed by atoms with E-state index < -0.39 is 10.0 Å². The van der Waals surface area contributed by atoms with Gasteiger partial charge in [-0.25, -0.2) is 18.4 Å². The molecule has 0 bridgehead atoms. The van der Waals surface area contributed by atoms with Gasteiger partial charge < -0.3 is 19.4 Å². The molecule has 1 amide bonds. The van der Waals surface area contributed by atoms with Crippen LogP contribution in [-0.4, -0.2) is 87.6 Å². The van der Waals surface area contributed by atoms with Gasteiger partial charge in [-0.1, -0.05) is 0 Å². The minimum atomic E-state index is -3.61. The lowest BCUT2D eigenvalue weighted by atomic mass is 10.00. The molecule has 1 aromatic carbocycles. The Morgan fingerprint density at radius 3 is 2.12 bits per heavy atom. The van der Waals surface area contributed by atoms with Crippen LogP contribution in [0.15, 0.2) is 29.4 Å². The van der Waals surface area contributed by atoms with Crippen LogP contribution < -0.4 is 14.7 Å². The predicted molar refractivity (Wildman–Crippen MR) is 127 cm³/mol. The van der Waals surface area contributed by atoms with Gasteiger partial charge in [-0.3, -0.25) is 4.79 Å². The van der Waals surface area contributed by atoms with Gasteiger partial charge in [0.25, 0.3) is 0 Å². The van der Waals surface area contributed by atoms with Crippen LogP contribution in [0.3, 0.4) is 0 Å². The first-order valence-electron chi connectivity index (χ1n) is 11.9. The van der Waals surface area contributed by atoms with Gasteiger partial charge >= 0.3 is 0 Å². The fourth-order valence-corrected chi connectivity index (χ4v) is 6.88. The predicted octanol–water partition coefficient (Wildman–Crippen LogP) is 0.659. The van der Waals surface area contributed by atoms with E-state index >= 15 is 0 Å². The summed E-state index contributed by atoms with van der Waals surface area (Å²) < 4.78 is 34.0. The molecule has 0 atom stereocenters. The number of nitrogens with zero attached hydrogens (tertiary/aromatic N) is 6. The largest absolute Gasteiger partial charge is 0.378 e. The number of benzene rings is 1. The highest BCUT2D eigenvalue weighted by atomic mass is 32.2. The molecule has 34 heavy (non-hydrogen) atoms. The Bertz CT molecular complexity index is 1220. The zero-order valence-corrected chi connectivity index (χ0v) is 19.8. The van der Waals surface area contributed by atoms with Crippen LogP contribution in [0.25, 0.3) is 0 Å². The summed E-state index contributed by atoms with van der Waals surface area (Å²) in [6.45, 7) is 5.57. The lowest BCUT2D eigenvalue weighted by Gasteiger charge is -2.35. The van der Waals surface area contributed by atoms with Gasteiger partial charge in [0.15, 0.2) is 0 Å². The van der Waals surface area contributed by atoms with Crippen molar-refractivity contribution in [1.82, 2.24) is 14.3 Å². The Morgan fingerprint density at radius 2 is 1.41 bits per heavy atom. The Hall–Kier alpha value is -2.76. The number of hydrogen-bond acceptors (Lipinski definition) is 8. The summed E-state index contributed by atoms with van der Waals surface area (Å²) in [5, 5.41) is 0. The molecular weight excluding hydrogens is 456 g/mol. The molecule has 0 unspecified atom stereocenters. The van der Waals surface area contributed by atoms with Crippen molar-refractivity contribution in [2.45, 2.75) is 24.2 Å². The molecule has 180 valence electrons. The zero-order chi connectivity index (χ0) is 23.3. The second-order valence-corrected chi connectivity index (χ2v) is 11.0. The van der Waals surface area contributed by atoms with Gasteiger partial charge in [-0.15, -0.1) is 0 Å². The summed E-state index contributed by atoms with van der Waals surface area (Å²) in [6, 6.07) is 5.54. The van der Waals surface area contributed by atoms with Gasteiger partial charge in [0.1, 0.15) is 18.0 Å². The Morgan fingerprint density at radius 1 is 0.765 bits per heavy atom. The highest BCUT2D eigenvalue weighted by molar-refractivity contribution is 7.89. The number of hydrogen-bond donors (Lipinski definition) is 0. The number of aryl methyl sites for hydroxylation is 1. The van der Waals surface area contributed by atoms with E-state index in [0.717, 1.165) is 41.5 Å². The van der Waals surface area contributed by atoms with Crippen LogP contribution in [0.5, 0.6) is 0 Å². The van der Waals surface area contributed by atoms with E-state index in [-0.39, 0.29) is 5.91 Å². The summed E-state index contributed by atoms with van der Waals surface area (Å²) in [7, 11) is -3.61. The molecule has 2 saturated heterocycles. The van der Waals surface area contributed by atoms with Crippen molar-refractivity contribution >= 4 is 33.3 Å². The second kappa shape index (κ2) is 8.47. The van der Waals surface area contributed by atoms with Crippen molar-refractivity contribution in [3.63, 3.8) is 0 Å². The fourth-order valence-electron chi connectivity index (χ4n) is 5.36. The molecule has 1 aromatic heterocycles. The summed E-state index contributed by atoms with van der Waals surface area (Å²) >= 11 is 0. The standard InChI is InChI=1S/C23H28N6O4S/c30-22-2-1-17-13-19(14-18-3-4-29(22)23(17)18)34(31,32)28-7-5-26(6-8-28)20-15-21(25-16-24-20)27-9-11-33-12-10-27/h13-16H,1-12H2. The first-order valence-corrected chi connectivity index (χ1v) is 13.3. The second-order valence-electron chi connectivity index (χ2n) is 9.11. The smallest absolute Gasteiger partial charge is 0.243 e. The lowest BCUT2D eigenvalue weighted by molar-refractivity contribution is -0.118. The molecule has 10 nitrogen and oxygen atoms in total. The third-order valence-electron chi connectivity index (χ3n) is 7.20. The molecule has 2 aromatic rings. The average Bonchev–Trinajstić information content (AvgIpc) is 3.32. The fraction of sp³-hybridized carbons (Fsp3) is 0.522.